The molecule has 1 nitrogen and oxygen atoms in total. The largest absolute Gasteiger partial charge is 0.493 e. The van der Waals surface area contributed by atoms with Crippen LogP contribution in [0.3, 0.4) is 0 Å². The molecule has 0 aromatic heterocycles. The average molecular weight is 219 g/mol. The van der Waals surface area contributed by atoms with Gasteiger partial charge in [-0.15, -0.1) is 0 Å². The van der Waals surface area contributed by atoms with E-state index in [0.29, 0.717) is 0 Å². The van der Waals surface area contributed by atoms with Crippen molar-refractivity contribution < 1.29 is 4.74 Å². The minimum atomic E-state index is 0.828. The van der Waals surface area contributed by atoms with Gasteiger partial charge in [0.05, 0.1) is 6.61 Å². The summed E-state index contributed by atoms with van der Waals surface area (Å²) < 4.78 is 5.58. The van der Waals surface area contributed by atoms with Crippen LogP contribution >= 0.6 is 0 Å². The van der Waals surface area contributed by atoms with Crippen LogP contribution < -0.4 is 4.74 Å². The Morgan fingerprint density at radius 2 is 1.75 bits per heavy atom. The van der Waals surface area contributed by atoms with Gasteiger partial charge in [0, 0.05) is 6.07 Å². The fourth-order valence-electron chi connectivity index (χ4n) is 1.71. The third-order valence-electron chi connectivity index (χ3n) is 2.69. The van der Waals surface area contributed by atoms with E-state index >= 15 is 0 Å². The van der Waals surface area contributed by atoms with Crippen LogP contribution in [0.4, 0.5) is 0 Å². The lowest BCUT2D eigenvalue weighted by Crippen LogP contribution is -1.96. The molecule has 0 saturated heterocycles. The summed E-state index contributed by atoms with van der Waals surface area (Å²) in [5.41, 5.74) is 0. The maximum absolute atomic E-state index is 5.58. The van der Waals surface area contributed by atoms with Crippen LogP contribution in [0, 0.1) is 6.07 Å². The van der Waals surface area contributed by atoms with Crippen molar-refractivity contribution in [2.75, 3.05) is 6.61 Å². The summed E-state index contributed by atoms with van der Waals surface area (Å²) in [7, 11) is 0. The normalized spacial score (nSPS) is 10.3. The lowest BCUT2D eigenvalue weighted by Gasteiger charge is -2.05. The summed E-state index contributed by atoms with van der Waals surface area (Å²) in [6.45, 7) is 3.08. The fourth-order valence-corrected chi connectivity index (χ4v) is 1.71. The van der Waals surface area contributed by atoms with E-state index in [1.807, 2.05) is 24.3 Å². The summed E-state index contributed by atoms with van der Waals surface area (Å²) >= 11 is 0. The highest BCUT2D eigenvalue weighted by atomic mass is 16.5. The first-order valence-corrected chi connectivity index (χ1v) is 6.53. The molecule has 0 bridgehead atoms. The van der Waals surface area contributed by atoms with Gasteiger partial charge in [-0.05, 0) is 12.5 Å². The van der Waals surface area contributed by atoms with E-state index in [2.05, 4.69) is 13.0 Å². The topological polar surface area (TPSA) is 9.23 Å². The van der Waals surface area contributed by atoms with Crippen LogP contribution in [0.1, 0.15) is 51.9 Å². The molecule has 0 atom stereocenters. The second-order valence-corrected chi connectivity index (χ2v) is 4.20. The van der Waals surface area contributed by atoms with E-state index in [-0.39, 0.29) is 0 Å². The number of unbranched alkanes of at least 4 members (excludes halogenated alkanes) is 6. The Hall–Kier alpha value is -0.980. The van der Waals surface area contributed by atoms with Gasteiger partial charge in [-0.25, -0.2) is 0 Å². The lowest BCUT2D eigenvalue weighted by atomic mass is 10.1. The first-order valence-electron chi connectivity index (χ1n) is 6.53. The Bertz CT molecular complexity index is 243. The maximum atomic E-state index is 5.58. The number of rotatable bonds is 9. The van der Waals surface area contributed by atoms with E-state index in [0.717, 1.165) is 18.8 Å². The van der Waals surface area contributed by atoms with E-state index in [9.17, 15) is 0 Å². The quantitative estimate of drug-likeness (QED) is 0.551. The molecule has 0 aliphatic rings. The molecule has 0 N–H and O–H groups in total. The van der Waals surface area contributed by atoms with Crippen LogP contribution in [0.5, 0.6) is 5.75 Å². The molecule has 0 aliphatic carbocycles. The van der Waals surface area contributed by atoms with Gasteiger partial charge in [-0.2, -0.15) is 0 Å². The van der Waals surface area contributed by atoms with E-state index in [1.54, 1.807) is 0 Å². The first-order chi connectivity index (χ1) is 7.93. The molecule has 0 saturated carbocycles. The Morgan fingerprint density at radius 3 is 2.44 bits per heavy atom. The number of hydrogen-bond acceptors (Lipinski definition) is 1. The highest BCUT2D eigenvalue weighted by Crippen LogP contribution is 2.10. The maximum Gasteiger partial charge on any atom is 0.127 e. The van der Waals surface area contributed by atoms with Crippen molar-refractivity contribution in [1.29, 1.82) is 0 Å². The third-order valence-corrected chi connectivity index (χ3v) is 2.69. The molecule has 0 unspecified atom stereocenters. The minimum Gasteiger partial charge on any atom is -0.493 e. The Morgan fingerprint density at radius 1 is 1.00 bits per heavy atom. The highest BCUT2D eigenvalue weighted by Gasteiger charge is 1.93. The molecule has 1 rings (SSSR count). The molecule has 0 spiro atoms. The predicted molar refractivity (Wildman–Crippen MR) is 68.8 cm³/mol. The number of para-hydroxylation sites is 1. The second kappa shape index (κ2) is 9.26. The van der Waals surface area contributed by atoms with E-state index in [4.69, 9.17) is 4.74 Å². The molecule has 0 fully saturated rings. The standard InChI is InChI=1S/C15H23O/c1-2-3-4-5-6-7-11-14-16-15-12-9-8-10-13-15/h8-10,12H,2-7,11,14H2,1H3. The zero-order valence-electron chi connectivity index (χ0n) is 10.4. The van der Waals surface area contributed by atoms with Crippen molar-refractivity contribution in [3.63, 3.8) is 0 Å². The molecule has 0 aliphatic heterocycles. The van der Waals surface area contributed by atoms with Crippen molar-refractivity contribution in [2.24, 2.45) is 0 Å². The monoisotopic (exact) mass is 219 g/mol. The molecular formula is C15H23O. The van der Waals surface area contributed by atoms with Crippen molar-refractivity contribution >= 4 is 0 Å². The van der Waals surface area contributed by atoms with Gasteiger partial charge in [-0.3, -0.25) is 0 Å². The SMILES string of the molecule is CCCCCCCCCOc1[c]cccc1. The second-order valence-electron chi connectivity index (χ2n) is 4.20. The molecular weight excluding hydrogens is 196 g/mol. The summed E-state index contributed by atoms with van der Waals surface area (Å²) in [4.78, 5) is 0. The zero-order valence-corrected chi connectivity index (χ0v) is 10.4. The molecule has 1 heteroatoms. The first kappa shape index (κ1) is 13.1. The fraction of sp³-hybridized carbons (Fsp3) is 0.600. The van der Waals surface area contributed by atoms with Crippen molar-refractivity contribution in [1.82, 2.24) is 0 Å². The Kier molecular flexibility index (Phi) is 7.57. The number of hydrogen-bond donors (Lipinski definition) is 0. The Labute approximate surface area is 99.8 Å². The number of benzene rings is 1. The van der Waals surface area contributed by atoms with E-state index in [1.165, 1.54) is 38.5 Å². The molecule has 0 amide bonds. The van der Waals surface area contributed by atoms with Gasteiger partial charge >= 0.3 is 0 Å². The van der Waals surface area contributed by atoms with Crippen molar-refractivity contribution in [3.05, 3.63) is 30.3 Å². The van der Waals surface area contributed by atoms with Gasteiger partial charge in [0.1, 0.15) is 5.75 Å². The average Bonchev–Trinajstić information content (AvgIpc) is 2.34. The van der Waals surface area contributed by atoms with Crippen LogP contribution in [-0.2, 0) is 0 Å². The molecule has 1 aromatic carbocycles. The van der Waals surface area contributed by atoms with Crippen LogP contribution in [0.15, 0.2) is 24.3 Å². The number of ether oxygens (including phenoxy) is 1. The summed E-state index contributed by atoms with van der Waals surface area (Å²) in [5, 5.41) is 0. The predicted octanol–water partition coefficient (Wildman–Crippen LogP) is 4.62. The molecule has 89 valence electrons. The summed E-state index contributed by atoms with van der Waals surface area (Å²) in [6.07, 6.45) is 9.28. The molecule has 0 heterocycles. The molecule has 16 heavy (non-hydrogen) atoms. The summed E-state index contributed by atoms with van der Waals surface area (Å²) in [6, 6.07) is 10.9. The van der Waals surface area contributed by atoms with Gasteiger partial charge < -0.3 is 4.74 Å². The highest BCUT2D eigenvalue weighted by molar-refractivity contribution is 5.19. The van der Waals surface area contributed by atoms with E-state index < -0.39 is 0 Å². The minimum absolute atomic E-state index is 0.828. The molecule has 1 radical (unpaired) electrons. The van der Waals surface area contributed by atoms with Gasteiger partial charge in [0.15, 0.2) is 0 Å². The Balaban J connectivity index is 1.89. The van der Waals surface area contributed by atoms with Crippen LogP contribution in [0.2, 0.25) is 0 Å². The van der Waals surface area contributed by atoms with Crippen LogP contribution in [0.25, 0.3) is 0 Å². The van der Waals surface area contributed by atoms with Gasteiger partial charge in [0.2, 0.25) is 0 Å². The summed E-state index contributed by atoms with van der Waals surface area (Å²) in [5.74, 6) is 0.869. The van der Waals surface area contributed by atoms with Crippen LogP contribution in [-0.4, -0.2) is 6.61 Å². The zero-order chi connectivity index (χ0) is 11.5. The van der Waals surface area contributed by atoms with Gasteiger partial charge in [0.25, 0.3) is 0 Å². The van der Waals surface area contributed by atoms with Gasteiger partial charge in [-0.1, -0.05) is 63.6 Å². The van der Waals surface area contributed by atoms with Crippen molar-refractivity contribution in [3.8, 4) is 5.75 Å². The lowest BCUT2D eigenvalue weighted by molar-refractivity contribution is 0.303. The third kappa shape index (κ3) is 6.49. The smallest absolute Gasteiger partial charge is 0.127 e. The molecule has 1 aromatic rings. The van der Waals surface area contributed by atoms with Crippen molar-refractivity contribution in [2.45, 2.75) is 51.9 Å².